The van der Waals surface area contributed by atoms with Crippen LogP contribution in [0.1, 0.15) is 34.8 Å². The van der Waals surface area contributed by atoms with Crippen LogP contribution in [-0.4, -0.2) is 12.4 Å². The number of halogens is 1. The summed E-state index contributed by atoms with van der Waals surface area (Å²) in [4.78, 5) is 12.6. The highest BCUT2D eigenvalue weighted by atomic mass is 79.9. The van der Waals surface area contributed by atoms with Crippen LogP contribution >= 0.6 is 15.9 Å². The molecule has 110 valence electrons. The van der Waals surface area contributed by atoms with Gasteiger partial charge in [0.2, 0.25) is 0 Å². The molecule has 0 radical (unpaired) electrons. The number of nitrogen functional groups attached to an aromatic ring is 1. The fourth-order valence-corrected chi connectivity index (χ4v) is 2.61. The minimum absolute atomic E-state index is 0.0756. The van der Waals surface area contributed by atoms with Crippen LogP contribution in [0.5, 0.6) is 5.75 Å². The first kappa shape index (κ1) is 15.6. The van der Waals surface area contributed by atoms with Crippen molar-refractivity contribution in [2.45, 2.75) is 20.3 Å². The van der Waals surface area contributed by atoms with E-state index in [4.69, 9.17) is 10.5 Å². The molecule has 0 spiro atoms. The van der Waals surface area contributed by atoms with Crippen molar-refractivity contribution < 1.29 is 9.53 Å². The normalized spacial score (nSPS) is 10.4. The van der Waals surface area contributed by atoms with Gasteiger partial charge in [0.25, 0.3) is 0 Å². The minimum atomic E-state index is -0.0756. The fourth-order valence-electron chi connectivity index (χ4n) is 2.12. The third kappa shape index (κ3) is 3.45. The lowest BCUT2D eigenvalue weighted by Gasteiger charge is -2.11. The Kier molecular flexibility index (Phi) is 5.02. The second-order valence-electron chi connectivity index (χ2n) is 4.86. The molecule has 2 aromatic rings. The average Bonchev–Trinajstić information content (AvgIpc) is 2.45. The summed E-state index contributed by atoms with van der Waals surface area (Å²) in [5.41, 5.74) is 8.47. The lowest BCUT2D eigenvalue weighted by molar-refractivity contribution is 0.103. The summed E-state index contributed by atoms with van der Waals surface area (Å²) < 4.78 is 6.36. The van der Waals surface area contributed by atoms with Gasteiger partial charge in [0.05, 0.1) is 11.1 Å². The third-order valence-corrected chi connectivity index (χ3v) is 3.81. The van der Waals surface area contributed by atoms with Crippen LogP contribution in [0.2, 0.25) is 0 Å². The molecule has 0 aliphatic carbocycles. The minimum Gasteiger partial charge on any atom is -0.492 e. The first-order chi connectivity index (χ1) is 10.0. The number of anilines is 1. The molecular weight excluding hydrogens is 330 g/mol. The van der Waals surface area contributed by atoms with Crippen molar-refractivity contribution in [1.82, 2.24) is 0 Å². The molecule has 0 aromatic heterocycles. The van der Waals surface area contributed by atoms with Crippen LogP contribution < -0.4 is 10.5 Å². The first-order valence-electron chi connectivity index (χ1n) is 6.86. The van der Waals surface area contributed by atoms with Gasteiger partial charge in [-0.05, 0) is 59.1 Å². The summed E-state index contributed by atoms with van der Waals surface area (Å²) in [7, 11) is 0. The average molecular weight is 348 g/mol. The van der Waals surface area contributed by atoms with Gasteiger partial charge in [-0.3, -0.25) is 4.79 Å². The number of hydrogen-bond acceptors (Lipinski definition) is 3. The molecule has 0 heterocycles. The molecule has 0 fully saturated rings. The van der Waals surface area contributed by atoms with Crippen molar-refractivity contribution in [3.05, 3.63) is 57.6 Å². The number of benzene rings is 2. The van der Waals surface area contributed by atoms with Crippen LogP contribution in [-0.2, 0) is 0 Å². The van der Waals surface area contributed by atoms with Crippen molar-refractivity contribution in [2.75, 3.05) is 12.3 Å². The Morgan fingerprint density at radius 2 is 2.05 bits per heavy atom. The van der Waals surface area contributed by atoms with E-state index in [1.165, 1.54) is 0 Å². The summed E-state index contributed by atoms with van der Waals surface area (Å²) in [5.74, 6) is 0.666. The molecule has 3 nitrogen and oxygen atoms in total. The predicted molar refractivity (Wildman–Crippen MR) is 89.0 cm³/mol. The SMILES string of the molecule is CCCOc1ccc(C(=O)c2c(C)cccc2N)cc1Br. The van der Waals surface area contributed by atoms with Crippen LogP contribution in [0.3, 0.4) is 0 Å². The Morgan fingerprint density at radius 3 is 2.67 bits per heavy atom. The molecule has 2 aromatic carbocycles. The molecule has 4 heteroatoms. The molecule has 0 saturated heterocycles. The molecule has 0 bridgehead atoms. The monoisotopic (exact) mass is 347 g/mol. The number of aryl methyl sites for hydroxylation is 1. The fraction of sp³-hybridized carbons (Fsp3) is 0.235. The quantitative estimate of drug-likeness (QED) is 0.645. The zero-order chi connectivity index (χ0) is 15.4. The maximum absolute atomic E-state index is 12.6. The molecule has 0 atom stereocenters. The van der Waals surface area contributed by atoms with Gasteiger partial charge >= 0.3 is 0 Å². The van der Waals surface area contributed by atoms with Gasteiger partial charge < -0.3 is 10.5 Å². The molecular formula is C17H18BrNO2. The van der Waals surface area contributed by atoms with E-state index in [0.717, 1.165) is 22.2 Å². The highest BCUT2D eigenvalue weighted by Crippen LogP contribution is 2.28. The van der Waals surface area contributed by atoms with Crippen molar-refractivity contribution in [2.24, 2.45) is 0 Å². The van der Waals surface area contributed by atoms with Gasteiger partial charge in [-0.1, -0.05) is 19.1 Å². The summed E-state index contributed by atoms with van der Waals surface area (Å²) in [6.45, 7) is 4.58. The molecule has 0 saturated carbocycles. The molecule has 2 N–H and O–H groups in total. The largest absolute Gasteiger partial charge is 0.492 e. The third-order valence-electron chi connectivity index (χ3n) is 3.19. The Morgan fingerprint density at radius 1 is 1.29 bits per heavy atom. The number of carbonyl (C=O) groups is 1. The number of rotatable bonds is 5. The van der Waals surface area contributed by atoms with Gasteiger partial charge in [0, 0.05) is 16.8 Å². The van der Waals surface area contributed by atoms with Gasteiger partial charge in [-0.25, -0.2) is 0 Å². The maximum Gasteiger partial charge on any atom is 0.195 e. The van der Waals surface area contributed by atoms with Crippen LogP contribution in [0.4, 0.5) is 5.69 Å². The maximum atomic E-state index is 12.6. The number of carbonyl (C=O) groups excluding carboxylic acids is 1. The van der Waals surface area contributed by atoms with E-state index in [9.17, 15) is 4.79 Å². The van der Waals surface area contributed by atoms with E-state index in [2.05, 4.69) is 15.9 Å². The van der Waals surface area contributed by atoms with Crippen LogP contribution in [0, 0.1) is 6.92 Å². The van der Waals surface area contributed by atoms with E-state index >= 15 is 0 Å². The van der Waals surface area contributed by atoms with E-state index < -0.39 is 0 Å². The number of hydrogen-bond donors (Lipinski definition) is 1. The molecule has 21 heavy (non-hydrogen) atoms. The van der Waals surface area contributed by atoms with E-state index in [0.29, 0.717) is 23.4 Å². The highest BCUT2D eigenvalue weighted by Gasteiger charge is 2.16. The second-order valence-corrected chi connectivity index (χ2v) is 5.72. The van der Waals surface area contributed by atoms with Gasteiger partial charge in [-0.2, -0.15) is 0 Å². The molecule has 0 amide bonds. The molecule has 2 rings (SSSR count). The highest BCUT2D eigenvalue weighted by molar-refractivity contribution is 9.10. The van der Waals surface area contributed by atoms with Gasteiger partial charge in [0.15, 0.2) is 5.78 Å². The summed E-state index contributed by atoms with van der Waals surface area (Å²) in [6, 6.07) is 10.8. The van der Waals surface area contributed by atoms with Crippen LogP contribution in [0.15, 0.2) is 40.9 Å². The Hall–Kier alpha value is -1.81. The predicted octanol–water partition coefficient (Wildman–Crippen LogP) is 4.36. The van der Waals surface area contributed by atoms with Gasteiger partial charge in [-0.15, -0.1) is 0 Å². The van der Waals surface area contributed by atoms with Crippen molar-refractivity contribution >= 4 is 27.4 Å². The number of nitrogens with two attached hydrogens (primary N) is 1. The Labute approximate surface area is 133 Å². The van der Waals surface area contributed by atoms with E-state index in [-0.39, 0.29) is 5.78 Å². The van der Waals surface area contributed by atoms with Crippen LogP contribution in [0.25, 0.3) is 0 Å². The van der Waals surface area contributed by atoms with E-state index in [1.807, 2.05) is 26.0 Å². The summed E-state index contributed by atoms with van der Waals surface area (Å²) in [6.07, 6.45) is 0.937. The van der Waals surface area contributed by atoms with Crippen molar-refractivity contribution in [3.8, 4) is 5.75 Å². The number of ketones is 1. The Bertz CT molecular complexity index is 648. The van der Waals surface area contributed by atoms with E-state index in [1.54, 1.807) is 24.3 Å². The standard InChI is InChI=1S/C17H18BrNO2/c1-3-9-21-15-8-7-12(10-13(15)18)17(20)16-11(2)5-4-6-14(16)19/h4-8,10H,3,9,19H2,1-2H3. The molecule has 0 aliphatic heterocycles. The smallest absolute Gasteiger partial charge is 0.195 e. The molecule has 0 unspecified atom stereocenters. The van der Waals surface area contributed by atoms with Gasteiger partial charge in [0.1, 0.15) is 5.75 Å². The lowest BCUT2D eigenvalue weighted by atomic mass is 9.97. The topological polar surface area (TPSA) is 52.3 Å². The van der Waals surface area contributed by atoms with Crippen molar-refractivity contribution in [1.29, 1.82) is 0 Å². The molecule has 0 aliphatic rings. The zero-order valence-electron chi connectivity index (χ0n) is 12.2. The summed E-state index contributed by atoms with van der Waals surface area (Å²) in [5, 5.41) is 0. The lowest BCUT2D eigenvalue weighted by Crippen LogP contribution is -2.08. The summed E-state index contributed by atoms with van der Waals surface area (Å²) >= 11 is 3.45. The van der Waals surface area contributed by atoms with Crippen molar-refractivity contribution in [3.63, 3.8) is 0 Å². The second kappa shape index (κ2) is 6.76. The zero-order valence-corrected chi connectivity index (χ0v) is 13.7. The Balaban J connectivity index is 2.34. The first-order valence-corrected chi connectivity index (χ1v) is 7.66. The number of ether oxygens (including phenoxy) is 1.